The number of nitrogens with zero attached hydrogens (tertiary/aromatic N) is 12. The topological polar surface area (TPSA) is 105 Å². The summed E-state index contributed by atoms with van der Waals surface area (Å²) in [7, 11) is 0. The van der Waals surface area contributed by atoms with Crippen molar-refractivity contribution in [1.29, 1.82) is 5.26 Å². The molecule has 4 unspecified atom stereocenters. The van der Waals surface area contributed by atoms with Crippen molar-refractivity contribution in [3.05, 3.63) is 258 Å². The monoisotopic (exact) mass is 1310 g/mol. The summed E-state index contributed by atoms with van der Waals surface area (Å²) in [4.78, 5) is 24.4. The van der Waals surface area contributed by atoms with Crippen LogP contribution in [-0.4, -0.2) is 77.5 Å². The minimum atomic E-state index is -0.115. The zero-order valence-electron chi connectivity index (χ0n) is 55.5. The number of piperidine rings is 3. The Bertz CT molecular complexity index is 4530. The lowest BCUT2D eigenvalue weighted by Crippen LogP contribution is -2.36. The first kappa shape index (κ1) is 62.8. The number of hydrogen-bond donors (Lipinski definition) is 0. The maximum Gasteiger partial charge on any atom is 0.129 e. The van der Waals surface area contributed by atoms with E-state index in [9.17, 15) is 17.6 Å². The number of aryl methyl sites for hydroxylation is 2. The molecule has 4 atom stereocenters. The van der Waals surface area contributed by atoms with Crippen LogP contribution in [0.2, 0.25) is 0 Å². The quantitative estimate of drug-likeness (QED) is 0.145. The molecular formula is C82H80F4N12. The molecule has 8 aliphatic rings. The number of halogens is 4. The zero-order chi connectivity index (χ0) is 66.5. The Balaban J connectivity index is 0.000000103. The molecule has 12 nitrogen and oxygen atoms in total. The van der Waals surface area contributed by atoms with E-state index in [2.05, 4.69) is 121 Å². The highest BCUT2D eigenvalue weighted by molar-refractivity contribution is 5.73. The Kier molecular flexibility index (Phi) is 17.2. The molecule has 0 bridgehead atoms. The summed E-state index contributed by atoms with van der Waals surface area (Å²) in [6.07, 6.45) is 27.4. The molecule has 0 N–H and O–H groups in total. The summed E-state index contributed by atoms with van der Waals surface area (Å²) >= 11 is 0. The van der Waals surface area contributed by atoms with Gasteiger partial charge in [-0.15, -0.1) is 0 Å². The molecule has 0 radical (unpaired) electrons. The van der Waals surface area contributed by atoms with E-state index in [1.165, 1.54) is 54.6 Å². The van der Waals surface area contributed by atoms with Gasteiger partial charge in [-0.3, -0.25) is 0 Å². The number of benzene rings is 7. The Labute approximate surface area is 570 Å². The number of hydrogen-bond acceptors (Lipinski definition) is 8. The van der Waals surface area contributed by atoms with E-state index in [0.717, 1.165) is 151 Å². The van der Waals surface area contributed by atoms with Gasteiger partial charge in [-0.05, 0) is 162 Å². The Morgan fingerprint density at radius 1 is 0.337 bits per heavy atom. The molecule has 98 heavy (non-hydrogen) atoms. The number of fused-ring (bicyclic) bond motifs is 12. The molecule has 0 spiro atoms. The second kappa shape index (κ2) is 26.8. The first-order chi connectivity index (χ1) is 48.1. The molecule has 496 valence electrons. The average molecular weight is 1310 g/mol. The summed E-state index contributed by atoms with van der Waals surface area (Å²) in [5, 5.41) is 8.96. The number of rotatable bonds is 7. The summed E-state index contributed by atoms with van der Waals surface area (Å²) < 4.78 is 67.0. The first-order valence-electron chi connectivity index (χ1n) is 35.2. The molecule has 4 aromatic heterocycles. The van der Waals surface area contributed by atoms with Crippen LogP contribution in [0.15, 0.2) is 196 Å². The summed E-state index contributed by atoms with van der Waals surface area (Å²) in [6.45, 7) is 10.1. The predicted octanol–water partition coefficient (Wildman–Crippen LogP) is 18.2. The van der Waals surface area contributed by atoms with E-state index in [4.69, 9.17) is 5.26 Å². The van der Waals surface area contributed by atoms with Crippen LogP contribution in [0.5, 0.6) is 0 Å². The van der Waals surface area contributed by atoms with Crippen molar-refractivity contribution in [3.63, 3.8) is 0 Å². The number of anilines is 3. The van der Waals surface area contributed by atoms with Crippen LogP contribution in [0.4, 0.5) is 34.6 Å². The van der Waals surface area contributed by atoms with Gasteiger partial charge in [-0.2, -0.15) is 5.26 Å². The van der Waals surface area contributed by atoms with Crippen LogP contribution < -0.4 is 14.7 Å². The number of nitriles is 1. The molecule has 7 aromatic carbocycles. The van der Waals surface area contributed by atoms with Crippen molar-refractivity contribution in [2.24, 2.45) is 23.7 Å². The molecule has 1 aliphatic carbocycles. The van der Waals surface area contributed by atoms with Crippen LogP contribution in [0.25, 0.3) is 45.0 Å². The largest absolute Gasteiger partial charge is 0.372 e. The second-order valence-electron chi connectivity index (χ2n) is 28.0. The molecule has 19 rings (SSSR count). The molecular weight excluding hydrogens is 1230 g/mol. The first-order valence-corrected chi connectivity index (χ1v) is 35.2. The Morgan fingerprint density at radius 3 is 0.878 bits per heavy atom. The second-order valence-corrected chi connectivity index (χ2v) is 28.0. The standard InChI is InChI=1S/C22H19FN4.2C22H22FN3.C16H17FN2/c23-19-3-1-2-18-20-13-25-14-27(20)22(21(18)19)16-8-10-26(11-9-16)17-6-4-15(12-24)5-7-17;2*1-15-5-7-17(8-6-15)25-11-9-16(10-12-25)22-21-18(3-2-4-19(21)23)20-13-24-14-26(20)22;17-13-8-4-7-12-14-9-18-10-19(14)16(15(12)13)11-5-2-1-3-6-11/h1-7,13-14,16,22H,8-11H2;2*2-8,13-14,16,22H,9-12H2,1H3;4,7-11,16H,1-3,5-6H2. The van der Waals surface area contributed by atoms with E-state index in [-0.39, 0.29) is 47.4 Å². The third kappa shape index (κ3) is 11.5. The van der Waals surface area contributed by atoms with Gasteiger partial charge in [-0.1, -0.05) is 103 Å². The highest BCUT2D eigenvalue weighted by Crippen LogP contribution is 2.52. The highest BCUT2D eigenvalue weighted by Gasteiger charge is 2.42. The van der Waals surface area contributed by atoms with Crippen molar-refractivity contribution in [3.8, 4) is 51.1 Å². The van der Waals surface area contributed by atoms with Crippen molar-refractivity contribution in [2.75, 3.05) is 54.0 Å². The maximum absolute atomic E-state index is 14.7. The Morgan fingerprint density at radius 2 is 0.602 bits per heavy atom. The van der Waals surface area contributed by atoms with Crippen molar-refractivity contribution in [2.45, 2.75) is 109 Å². The fraction of sp³-hybridized carbons (Fsp3) is 0.329. The van der Waals surface area contributed by atoms with Gasteiger partial charge >= 0.3 is 0 Å². The SMILES string of the molecule is Cc1ccc(N2CCC(C3c4c(F)cccc4-c4cncn43)CC2)cc1.Cc1ccc(N2CCC(C3c4c(F)cccc4-c4cncn43)CC2)cc1.Fc1cccc2c1C(C1CCCCC1)n1cncc1-2.N#Cc1ccc(N2CCC(C3c4c(F)cccc4-c4cncn43)CC2)cc1. The van der Waals surface area contributed by atoms with Gasteiger partial charge in [0.1, 0.15) is 23.3 Å². The number of aromatic nitrogens is 8. The molecule has 1 saturated carbocycles. The van der Waals surface area contributed by atoms with Crippen LogP contribution >= 0.6 is 0 Å². The van der Waals surface area contributed by atoms with E-state index < -0.39 is 0 Å². The van der Waals surface area contributed by atoms with E-state index in [1.54, 1.807) is 48.5 Å². The lowest BCUT2D eigenvalue weighted by atomic mass is 9.81. The van der Waals surface area contributed by atoms with Gasteiger partial charge in [0, 0.05) is 101 Å². The minimum Gasteiger partial charge on any atom is -0.372 e. The molecule has 11 heterocycles. The van der Waals surface area contributed by atoms with Gasteiger partial charge in [0.05, 0.1) is 109 Å². The van der Waals surface area contributed by atoms with E-state index in [1.807, 2.05) is 98.6 Å². The van der Waals surface area contributed by atoms with Gasteiger partial charge < -0.3 is 33.0 Å². The number of imidazole rings is 4. The normalized spacial score (nSPS) is 19.8. The molecule has 16 heteroatoms. The van der Waals surface area contributed by atoms with Gasteiger partial charge in [0.25, 0.3) is 0 Å². The smallest absolute Gasteiger partial charge is 0.129 e. The van der Waals surface area contributed by atoms with Gasteiger partial charge in [0.2, 0.25) is 0 Å². The molecule has 3 saturated heterocycles. The van der Waals surface area contributed by atoms with Crippen molar-refractivity contribution < 1.29 is 17.6 Å². The van der Waals surface area contributed by atoms with E-state index >= 15 is 0 Å². The van der Waals surface area contributed by atoms with E-state index in [0.29, 0.717) is 29.2 Å². The summed E-state index contributed by atoms with van der Waals surface area (Å²) in [6, 6.07) is 49.3. The summed E-state index contributed by atoms with van der Waals surface area (Å²) in [5.74, 6) is 1.46. The third-order valence-electron chi connectivity index (χ3n) is 22.6. The zero-order valence-corrected chi connectivity index (χ0v) is 55.5. The molecule has 7 aliphatic heterocycles. The highest BCUT2D eigenvalue weighted by atomic mass is 19.1. The third-order valence-corrected chi connectivity index (χ3v) is 22.6. The molecule has 11 aromatic rings. The predicted molar refractivity (Wildman–Crippen MR) is 378 cm³/mol. The van der Waals surface area contributed by atoms with Crippen LogP contribution in [0.3, 0.4) is 0 Å². The Hall–Kier alpha value is -10.0. The maximum atomic E-state index is 14.7. The van der Waals surface area contributed by atoms with Gasteiger partial charge in [-0.25, -0.2) is 37.5 Å². The lowest BCUT2D eigenvalue weighted by molar-refractivity contribution is 0.281. The fourth-order valence-corrected chi connectivity index (χ4v) is 17.7. The average Bonchev–Trinajstić information content (AvgIpc) is 1.61. The van der Waals surface area contributed by atoms with Gasteiger partial charge in [0.15, 0.2) is 0 Å². The summed E-state index contributed by atoms with van der Waals surface area (Å²) in [5.41, 5.74) is 18.6. The minimum absolute atomic E-state index is 0.0295. The molecule has 4 fully saturated rings. The van der Waals surface area contributed by atoms with Crippen molar-refractivity contribution in [1.82, 2.24) is 38.2 Å². The van der Waals surface area contributed by atoms with Crippen LogP contribution in [-0.2, 0) is 0 Å². The fourth-order valence-electron chi connectivity index (χ4n) is 17.7. The van der Waals surface area contributed by atoms with Crippen LogP contribution in [0, 0.1) is 72.1 Å². The molecule has 0 amide bonds. The van der Waals surface area contributed by atoms with Crippen molar-refractivity contribution >= 4 is 17.1 Å². The lowest BCUT2D eigenvalue weighted by Gasteiger charge is -2.37. The van der Waals surface area contributed by atoms with Crippen LogP contribution in [0.1, 0.15) is 134 Å².